The van der Waals surface area contributed by atoms with Crippen molar-refractivity contribution < 1.29 is 9.13 Å². The number of guanidine groups is 1. The first-order valence-electron chi connectivity index (χ1n) is 7.07. The lowest BCUT2D eigenvalue weighted by atomic mass is 10.2. The number of rotatable bonds is 7. The quantitative estimate of drug-likeness (QED) is 0.460. The lowest BCUT2D eigenvalue weighted by molar-refractivity contribution is 0.205. The zero-order valence-electron chi connectivity index (χ0n) is 12.5. The zero-order chi connectivity index (χ0) is 15.5. The highest BCUT2D eigenvalue weighted by atomic mass is 19.1. The van der Waals surface area contributed by atoms with Crippen molar-refractivity contribution in [2.75, 3.05) is 19.6 Å². The van der Waals surface area contributed by atoms with Crippen molar-refractivity contribution in [2.45, 2.75) is 26.4 Å². The van der Waals surface area contributed by atoms with E-state index in [0.717, 1.165) is 13.0 Å². The van der Waals surface area contributed by atoms with Crippen LogP contribution in [-0.4, -0.2) is 31.7 Å². The molecule has 1 unspecified atom stereocenters. The molecular formula is C16H22FN3O. The fourth-order valence-electron chi connectivity index (χ4n) is 1.65. The minimum Gasteiger partial charge on any atom is -0.488 e. The monoisotopic (exact) mass is 291 g/mol. The molecule has 0 heterocycles. The first kappa shape index (κ1) is 16.8. The molecule has 21 heavy (non-hydrogen) atoms. The van der Waals surface area contributed by atoms with Gasteiger partial charge in [0.05, 0.1) is 13.1 Å². The fourth-order valence-corrected chi connectivity index (χ4v) is 1.65. The van der Waals surface area contributed by atoms with Crippen LogP contribution in [-0.2, 0) is 0 Å². The molecule has 0 amide bonds. The third-order valence-electron chi connectivity index (χ3n) is 2.71. The molecule has 0 fully saturated rings. The predicted molar refractivity (Wildman–Crippen MR) is 83.9 cm³/mol. The molecule has 0 aliphatic carbocycles. The van der Waals surface area contributed by atoms with E-state index in [0.29, 0.717) is 24.8 Å². The summed E-state index contributed by atoms with van der Waals surface area (Å²) in [6.45, 7) is 5.60. The first-order valence-corrected chi connectivity index (χ1v) is 7.07. The van der Waals surface area contributed by atoms with Gasteiger partial charge in [0.2, 0.25) is 0 Å². The second-order valence-corrected chi connectivity index (χ2v) is 4.38. The number of nitrogens with zero attached hydrogens (tertiary/aromatic N) is 1. The van der Waals surface area contributed by atoms with Gasteiger partial charge in [0.25, 0.3) is 0 Å². The maximum Gasteiger partial charge on any atom is 0.192 e. The van der Waals surface area contributed by atoms with E-state index in [1.165, 1.54) is 12.1 Å². The van der Waals surface area contributed by atoms with Crippen LogP contribution in [0.3, 0.4) is 0 Å². The fraction of sp³-hybridized carbons (Fsp3) is 0.438. The molecule has 1 atom stereocenters. The van der Waals surface area contributed by atoms with Crippen molar-refractivity contribution in [1.29, 1.82) is 0 Å². The minimum absolute atomic E-state index is 0.118. The Morgan fingerprint density at radius 1 is 1.43 bits per heavy atom. The van der Waals surface area contributed by atoms with Crippen molar-refractivity contribution in [3.63, 3.8) is 0 Å². The normalized spacial score (nSPS) is 12.4. The highest BCUT2D eigenvalue weighted by Crippen LogP contribution is 2.15. The molecule has 114 valence electrons. The van der Waals surface area contributed by atoms with E-state index in [-0.39, 0.29) is 11.9 Å². The van der Waals surface area contributed by atoms with Gasteiger partial charge in [0.15, 0.2) is 5.96 Å². The van der Waals surface area contributed by atoms with Crippen LogP contribution in [0.25, 0.3) is 0 Å². The number of nitrogens with one attached hydrogen (secondary N) is 2. The van der Waals surface area contributed by atoms with E-state index in [1.54, 1.807) is 12.1 Å². The van der Waals surface area contributed by atoms with Gasteiger partial charge in [-0.2, -0.15) is 0 Å². The Hall–Kier alpha value is -2.22. The van der Waals surface area contributed by atoms with Gasteiger partial charge in [-0.25, -0.2) is 9.38 Å². The zero-order valence-corrected chi connectivity index (χ0v) is 12.5. The summed E-state index contributed by atoms with van der Waals surface area (Å²) in [5.74, 6) is 3.35. The first-order chi connectivity index (χ1) is 10.2. The van der Waals surface area contributed by atoms with Crippen molar-refractivity contribution in [2.24, 2.45) is 4.99 Å². The van der Waals surface area contributed by atoms with Crippen LogP contribution >= 0.6 is 0 Å². The average Bonchev–Trinajstić information content (AvgIpc) is 2.48. The van der Waals surface area contributed by atoms with Crippen LogP contribution in [0.15, 0.2) is 29.3 Å². The Morgan fingerprint density at radius 3 is 2.86 bits per heavy atom. The molecule has 1 rings (SSSR count). The van der Waals surface area contributed by atoms with Crippen molar-refractivity contribution in [3.8, 4) is 18.1 Å². The van der Waals surface area contributed by atoms with Gasteiger partial charge in [-0.15, -0.1) is 6.42 Å². The smallest absolute Gasteiger partial charge is 0.192 e. The Bertz CT molecular complexity index is 497. The highest BCUT2D eigenvalue weighted by Gasteiger charge is 2.08. The van der Waals surface area contributed by atoms with Crippen LogP contribution < -0.4 is 15.4 Å². The van der Waals surface area contributed by atoms with Crippen LogP contribution in [0.1, 0.15) is 20.3 Å². The van der Waals surface area contributed by atoms with Gasteiger partial charge in [-0.05, 0) is 25.5 Å². The largest absolute Gasteiger partial charge is 0.488 e. The van der Waals surface area contributed by atoms with E-state index in [4.69, 9.17) is 11.2 Å². The summed E-state index contributed by atoms with van der Waals surface area (Å²) in [5, 5.41) is 6.11. The summed E-state index contributed by atoms with van der Waals surface area (Å²) >= 11 is 0. The predicted octanol–water partition coefficient (Wildman–Crippen LogP) is 2.17. The Kier molecular flexibility index (Phi) is 7.73. The van der Waals surface area contributed by atoms with Crippen LogP contribution in [0.4, 0.5) is 4.39 Å². The van der Waals surface area contributed by atoms with E-state index >= 15 is 0 Å². The van der Waals surface area contributed by atoms with Crippen LogP contribution in [0.5, 0.6) is 5.75 Å². The maximum atomic E-state index is 13.1. The molecule has 0 bridgehead atoms. The number of ether oxygens (including phenoxy) is 1. The third kappa shape index (κ3) is 6.66. The number of benzene rings is 1. The summed E-state index contributed by atoms with van der Waals surface area (Å²) in [6.07, 6.45) is 5.87. The summed E-state index contributed by atoms with van der Waals surface area (Å²) in [4.78, 5) is 4.42. The van der Waals surface area contributed by atoms with Crippen molar-refractivity contribution >= 4 is 5.96 Å². The van der Waals surface area contributed by atoms with Gasteiger partial charge in [-0.1, -0.05) is 18.9 Å². The van der Waals surface area contributed by atoms with E-state index in [2.05, 4.69) is 21.5 Å². The second-order valence-electron chi connectivity index (χ2n) is 4.38. The minimum atomic E-state index is -0.310. The number of hydrogen-bond acceptors (Lipinski definition) is 2. The number of aliphatic imine (C=N–C) groups is 1. The molecule has 0 aliphatic heterocycles. The van der Waals surface area contributed by atoms with Crippen molar-refractivity contribution in [3.05, 3.63) is 30.1 Å². The molecular weight excluding hydrogens is 269 g/mol. The van der Waals surface area contributed by atoms with Gasteiger partial charge < -0.3 is 15.4 Å². The van der Waals surface area contributed by atoms with Gasteiger partial charge in [-0.3, -0.25) is 0 Å². The number of halogens is 1. The van der Waals surface area contributed by atoms with E-state index in [1.807, 2.05) is 13.8 Å². The summed E-state index contributed by atoms with van der Waals surface area (Å²) in [5.41, 5.74) is 0. The molecule has 0 aliphatic rings. The standard InChI is InChI=1S/C16H22FN3O/c1-4-10-19-16(18-6-3)20-12-14(5-2)21-15-9-7-8-13(17)11-15/h1,7-9,11,14H,5-6,10,12H2,2-3H3,(H2,18,19,20). The average molecular weight is 291 g/mol. The van der Waals surface area contributed by atoms with E-state index in [9.17, 15) is 4.39 Å². The molecule has 0 spiro atoms. The Balaban J connectivity index is 2.61. The summed E-state index contributed by atoms with van der Waals surface area (Å²) in [6, 6.07) is 6.11. The molecule has 2 N–H and O–H groups in total. The SMILES string of the molecule is C#CCNC(=NCC(CC)Oc1cccc(F)c1)NCC. The second kappa shape index (κ2) is 9.65. The maximum absolute atomic E-state index is 13.1. The number of hydrogen-bond donors (Lipinski definition) is 2. The molecule has 1 aromatic carbocycles. The Labute approximate surface area is 125 Å². The molecule has 5 heteroatoms. The summed E-state index contributed by atoms with van der Waals surface area (Å²) in [7, 11) is 0. The van der Waals surface area contributed by atoms with Gasteiger partial charge >= 0.3 is 0 Å². The third-order valence-corrected chi connectivity index (χ3v) is 2.71. The molecule has 0 aromatic heterocycles. The molecule has 1 aromatic rings. The van der Waals surface area contributed by atoms with Crippen LogP contribution in [0, 0.1) is 18.2 Å². The van der Waals surface area contributed by atoms with Gasteiger partial charge in [0, 0.05) is 12.6 Å². The molecule has 4 nitrogen and oxygen atoms in total. The molecule has 0 saturated carbocycles. The highest BCUT2D eigenvalue weighted by molar-refractivity contribution is 5.79. The lowest BCUT2D eigenvalue weighted by Gasteiger charge is -2.17. The topological polar surface area (TPSA) is 45.7 Å². The molecule has 0 saturated heterocycles. The van der Waals surface area contributed by atoms with Crippen LogP contribution in [0.2, 0.25) is 0 Å². The Morgan fingerprint density at radius 2 is 2.24 bits per heavy atom. The van der Waals surface area contributed by atoms with E-state index < -0.39 is 0 Å². The number of terminal acetylenes is 1. The van der Waals surface area contributed by atoms with Crippen molar-refractivity contribution in [1.82, 2.24) is 10.6 Å². The van der Waals surface area contributed by atoms with Gasteiger partial charge in [0.1, 0.15) is 17.7 Å². The lowest BCUT2D eigenvalue weighted by Crippen LogP contribution is -2.38. The molecule has 0 radical (unpaired) electrons. The summed E-state index contributed by atoms with van der Waals surface area (Å²) < 4.78 is 18.9.